The Labute approximate surface area is 125 Å². The molecule has 0 aliphatic rings. The molecular weight excluding hydrogens is 324 g/mol. The first kappa shape index (κ1) is 15.5. The zero-order valence-electron chi connectivity index (χ0n) is 10.7. The van der Waals surface area contributed by atoms with Crippen molar-refractivity contribution in [3.63, 3.8) is 0 Å². The monoisotopic (exact) mass is 333 g/mol. The quantitative estimate of drug-likeness (QED) is 0.846. The Morgan fingerprint density at radius 1 is 1.14 bits per heavy atom. The summed E-state index contributed by atoms with van der Waals surface area (Å²) >= 11 is 5.57. The molecule has 2 aromatic carbocycles. The van der Waals surface area contributed by atoms with Gasteiger partial charge in [0.1, 0.15) is 11.6 Å². The van der Waals surface area contributed by atoms with Gasteiger partial charge < -0.3 is 5.11 Å². The molecule has 4 nitrogen and oxygen atoms in total. The zero-order chi connectivity index (χ0) is 15.8. The fourth-order valence-electron chi connectivity index (χ4n) is 1.76. The predicted molar refractivity (Wildman–Crippen MR) is 75.0 cm³/mol. The lowest BCUT2D eigenvalue weighted by molar-refractivity contribution is 0.476. The van der Waals surface area contributed by atoms with Gasteiger partial charge >= 0.3 is 0 Å². The normalized spacial score (nSPS) is 11.4. The van der Waals surface area contributed by atoms with Crippen LogP contribution in [0.1, 0.15) is 5.56 Å². The highest BCUT2D eigenvalue weighted by Crippen LogP contribution is 2.34. The number of aromatic hydroxyl groups is 1. The molecule has 0 aliphatic heterocycles. The minimum atomic E-state index is -4.12. The molecule has 21 heavy (non-hydrogen) atoms. The molecule has 0 aliphatic carbocycles. The maximum atomic E-state index is 13.2. The third-order valence-corrected chi connectivity index (χ3v) is 4.51. The van der Waals surface area contributed by atoms with Gasteiger partial charge in [-0.15, -0.1) is 0 Å². The van der Waals surface area contributed by atoms with E-state index in [-0.39, 0.29) is 15.5 Å². The van der Waals surface area contributed by atoms with Gasteiger partial charge in [-0.3, -0.25) is 4.72 Å². The van der Waals surface area contributed by atoms with Crippen molar-refractivity contribution in [2.24, 2.45) is 0 Å². The summed E-state index contributed by atoms with van der Waals surface area (Å²) in [5, 5.41) is 9.33. The third kappa shape index (κ3) is 3.25. The van der Waals surface area contributed by atoms with Crippen molar-refractivity contribution in [3.8, 4) is 5.75 Å². The second-order valence-electron chi connectivity index (χ2n) is 4.30. The van der Waals surface area contributed by atoms with E-state index < -0.39 is 33.1 Å². The molecule has 0 fully saturated rings. The summed E-state index contributed by atoms with van der Waals surface area (Å²) in [6.07, 6.45) is 0. The summed E-state index contributed by atoms with van der Waals surface area (Å²) in [5.74, 6) is -1.99. The number of phenolic OH excluding ortho intramolecular Hbond substituents is 1. The van der Waals surface area contributed by atoms with Crippen molar-refractivity contribution < 1.29 is 22.3 Å². The van der Waals surface area contributed by atoms with E-state index in [0.29, 0.717) is 0 Å². The number of halogens is 3. The van der Waals surface area contributed by atoms with Gasteiger partial charge in [0, 0.05) is 6.07 Å². The number of anilines is 1. The molecule has 0 spiro atoms. The van der Waals surface area contributed by atoms with Gasteiger partial charge in [-0.05, 0) is 36.8 Å². The largest absolute Gasteiger partial charge is 0.504 e. The molecule has 2 N–H and O–H groups in total. The number of phenols is 1. The van der Waals surface area contributed by atoms with E-state index in [1.54, 1.807) is 0 Å². The van der Waals surface area contributed by atoms with Gasteiger partial charge in [0.2, 0.25) is 0 Å². The summed E-state index contributed by atoms with van der Waals surface area (Å²) in [6.45, 7) is 1.41. The number of hydrogen-bond acceptors (Lipinski definition) is 3. The Kier molecular flexibility index (Phi) is 4.06. The van der Waals surface area contributed by atoms with Crippen molar-refractivity contribution in [1.29, 1.82) is 0 Å². The smallest absolute Gasteiger partial charge is 0.262 e. The molecule has 2 aromatic rings. The Morgan fingerprint density at radius 3 is 2.43 bits per heavy atom. The first-order valence-electron chi connectivity index (χ1n) is 5.67. The molecule has 0 saturated carbocycles. The number of hydrogen-bond donors (Lipinski definition) is 2. The second kappa shape index (κ2) is 5.50. The van der Waals surface area contributed by atoms with Gasteiger partial charge in [0.05, 0.1) is 15.6 Å². The highest BCUT2D eigenvalue weighted by Gasteiger charge is 2.20. The van der Waals surface area contributed by atoms with Gasteiger partial charge in [-0.1, -0.05) is 11.6 Å². The first-order valence-corrected chi connectivity index (χ1v) is 7.54. The maximum absolute atomic E-state index is 13.2. The van der Waals surface area contributed by atoms with E-state index in [9.17, 15) is 22.3 Å². The summed E-state index contributed by atoms with van der Waals surface area (Å²) in [6, 6.07) is 4.74. The standard InChI is InChI=1S/C13H10ClF2NO3S/c1-7-4-8(15)2-3-12(7)21(19,20)17-11-6-9(16)5-10(14)13(11)18/h2-6,17-18H,1H3. The molecule has 0 heterocycles. The van der Waals surface area contributed by atoms with Crippen molar-refractivity contribution >= 4 is 27.3 Å². The van der Waals surface area contributed by atoms with Crippen LogP contribution in [0.3, 0.4) is 0 Å². The van der Waals surface area contributed by atoms with Gasteiger partial charge in [-0.25, -0.2) is 17.2 Å². The van der Waals surface area contributed by atoms with Gasteiger partial charge in [0.25, 0.3) is 10.0 Å². The summed E-state index contributed by atoms with van der Waals surface area (Å²) in [4.78, 5) is -0.191. The molecule has 2 rings (SSSR count). The van der Waals surface area contributed by atoms with Crippen LogP contribution in [0.2, 0.25) is 5.02 Å². The van der Waals surface area contributed by atoms with E-state index in [2.05, 4.69) is 0 Å². The number of sulfonamides is 1. The van der Waals surface area contributed by atoms with Crippen LogP contribution in [0, 0.1) is 18.6 Å². The van der Waals surface area contributed by atoms with Crippen molar-refractivity contribution in [2.45, 2.75) is 11.8 Å². The Morgan fingerprint density at radius 2 is 1.81 bits per heavy atom. The highest BCUT2D eigenvalue weighted by molar-refractivity contribution is 7.92. The van der Waals surface area contributed by atoms with Crippen LogP contribution in [0.25, 0.3) is 0 Å². The molecule has 0 bridgehead atoms. The van der Waals surface area contributed by atoms with Gasteiger partial charge in [-0.2, -0.15) is 0 Å². The molecule has 8 heteroatoms. The number of nitrogens with one attached hydrogen (secondary N) is 1. The lowest BCUT2D eigenvalue weighted by atomic mass is 10.2. The van der Waals surface area contributed by atoms with Crippen molar-refractivity contribution in [2.75, 3.05) is 4.72 Å². The minimum absolute atomic E-state index is 0.171. The van der Waals surface area contributed by atoms with Crippen LogP contribution in [0.5, 0.6) is 5.75 Å². The highest BCUT2D eigenvalue weighted by atomic mass is 35.5. The van der Waals surface area contributed by atoms with Crippen LogP contribution in [-0.4, -0.2) is 13.5 Å². The van der Waals surface area contributed by atoms with E-state index in [0.717, 1.165) is 30.3 Å². The molecular formula is C13H10ClF2NO3S. The van der Waals surface area contributed by atoms with E-state index in [4.69, 9.17) is 11.6 Å². The molecule has 112 valence electrons. The average molecular weight is 334 g/mol. The molecule has 0 amide bonds. The van der Waals surface area contributed by atoms with Crippen LogP contribution in [-0.2, 0) is 10.0 Å². The average Bonchev–Trinajstić information content (AvgIpc) is 2.34. The topological polar surface area (TPSA) is 66.4 Å². The minimum Gasteiger partial charge on any atom is -0.504 e. The van der Waals surface area contributed by atoms with Crippen LogP contribution in [0.4, 0.5) is 14.5 Å². The summed E-state index contributed by atoms with van der Waals surface area (Å²) in [7, 11) is -4.12. The zero-order valence-corrected chi connectivity index (χ0v) is 12.3. The predicted octanol–water partition coefficient (Wildman–Crippen LogP) is 3.43. The van der Waals surface area contributed by atoms with Gasteiger partial charge in [0.15, 0.2) is 5.75 Å². The fraction of sp³-hybridized carbons (Fsp3) is 0.0769. The number of benzene rings is 2. The maximum Gasteiger partial charge on any atom is 0.262 e. The number of aryl methyl sites for hydroxylation is 1. The first-order chi connectivity index (χ1) is 9.70. The van der Waals surface area contributed by atoms with E-state index >= 15 is 0 Å². The summed E-state index contributed by atoms with van der Waals surface area (Å²) < 4.78 is 52.7. The molecule has 0 atom stereocenters. The molecule has 0 unspecified atom stereocenters. The Bertz CT molecular complexity index is 809. The van der Waals surface area contributed by atoms with E-state index in [1.807, 2.05) is 4.72 Å². The number of rotatable bonds is 3. The van der Waals surface area contributed by atoms with Crippen LogP contribution in [0.15, 0.2) is 35.2 Å². The summed E-state index contributed by atoms with van der Waals surface area (Å²) in [5.41, 5.74) is -0.229. The van der Waals surface area contributed by atoms with Crippen LogP contribution >= 0.6 is 11.6 Å². The lowest BCUT2D eigenvalue weighted by Gasteiger charge is -2.12. The SMILES string of the molecule is Cc1cc(F)ccc1S(=O)(=O)Nc1cc(F)cc(Cl)c1O. The Balaban J connectivity index is 2.47. The van der Waals surface area contributed by atoms with Crippen molar-refractivity contribution in [3.05, 3.63) is 52.6 Å². The van der Waals surface area contributed by atoms with E-state index in [1.165, 1.54) is 6.92 Å². The molecule has 0 aromatic heterocycles. The Hall–Kier alpha value is -1.86. The molecule has 0 saturated heterocycles. The fourth-order valence-corrected chi connectivity index (χ4v) is 3.25. The van der Waals surface area contributed by atoms with Crippen LogP contribution < -0.4 is 4.72 Å². The molecule has 0 radical (unpaired) electrons. The lowest BCUT2D eigenvalue weighted by Crippen LogP contribution is -2.14. The van der Waals surface area contributed by atoms with Crippen molar-refractivity contribution in [1.82, 2.24) is 0 Å². The third-order valence-electron chi connectivity index (χ3n) is 2.70. The second-order valence-corrected chi connectivity index (χ2v) is 6.36.